The van der Waals surface area contributed by atoms with Crippen molar-refractivity contribution in [3.05, 3.63) is 34.6 Å². The zero-order valence-corrected chi connectivity index (χ0v) is 12.9. The van der Waals surface area contributed by atoms with E-state index in [4.69, 9.17) is 15.9 Å². The molecule has 2 atom stereocenters. The molecular formula is C15H15N3O3S. The van der Waals surface area contributed by atoms with Crippen LogP contribution in [0.1, 0.15) is 40.8 Å². The van der Waals surface area contributed by atoms with E-state index in [9.17, 15) is 9.59 Å². The lowest BCUT2D eigenvalue weighted by atomic mass is 9.77. The molecule has 2 aromatic rings. The summed E-state index contributed by atoms with van der Waals surface area (Å²) in [6, 6.07) is 3.55. The highest BCUT2D eigenvalue weighted by Crippen LogP contribution is 2.50. The summed E-state index contributed by atoms with van der Waals surface area (Å²) in [6.45, 7) is 3.31. The zero-order valence-electron chi connectivity index (χ0n) is 12.1. The van der Waals surface area contributed by atoms with Gasteiger partial charge in [-0.05, 0) is 26.0 Å². The van der Waals surface area contributed by atoms with Gasteiger partial charge in [0.15, 0.2) is 0 Å². The first-order valence-electron chi connectivity index (χ1n) is 6.72. The van der Waals surface area contributed by atoms with Crippen LogP contribution in [0.5, 0.6) is 0 Å². The van der Waals surface area contributed by atoms with Crippen LogP contribution in [0.2, 0.25) is 0 Å². The van der Waals surface area contributed by atoms with Gasteiger partial charge in [0.2, 0.25) is 0 Å². The maximum Gasteiger partial charge on any atom is 0.260 e. The minimum Gasteiger partial charge on any atom is -0.469 e. The van der Waals surface area contributed by atoms with Gasteiger partial charge in [0, 0.05) is 11.3 Å². The first-order valence-corrected chi connectivity index (χ1v) is 7.54. The van der Waals surface area contributed by atoms with E-state index in [-0.39, 0.29) is 22.3 Å². The molecule has 0 saturated carbocycles. The third-order valence-electron chi connectivity index (χ3n) is 3.85. The number of amides is 1. The molecule has 0 aromatic carbocycles. The Morgan fingerprint density at radius 1 is 1.41 bits per heavy atom. The molecule has 22 heavy (non-hydrogen) atoms. The average Bonchev–Trinajstić information content (AvgIpc) is 3.05. The Labute approximate surface area is 130 Å². The van der Waals surface area contributed by atoms with Gasteiger partial charge < -0.3 is 15.9 Å². The topological polar surface area (TPSA) is 112 Å². The molecule has 1 amide bonds. The molecule has 0 bridgehead atoms. The highest BCUT2D eigenvalue weighted by Gasteiger charge is 2.40. The number of anilines is 1. The number of hydrogen-bond donors (Lipinski definition) is 2. The molecule has 0 saturated heterocycles. The second kappa shape index (κ2) is 5.10. The van der Waals surface area contributed by atoms with E-state index in [1.54, 1.807) is 25.3 Å². The van der Waals surface area contributed by atoms with E-state index < -0.39 is 11.8 Å². The fraction of sp³-hybridized carbons (Fsp3) is 0.267. The van der Waals surface area contributed by atoms with Gasteiger partial charge in [0.25, 0.3) is 5.91 Å². The molecule has 4 N–H and O–H groups in total. The van der Waals surface area contributed by atoms with Crippen LogP contribution in [-0.2, 0) is 4.79 Å². The highest BCUT2D eigenvalue weighted by molar-refractivity contribution is 7.18. The minimum atomic E-state index is -0.595. The van der Waals surface area contributed by atoms with Gasteiger partial charge in [-0.25, -0.2) is 4.99 Å². The lowest BCUT2D eigenvalue weighted by molar-refractivity contribution is -0.119. The first kappa shape index (κ1) is 14.5. The number of primary amides is 1. The van der Waals surface area contributed by atoms with Gasteiger partial charge in [-0.3, -0.25) is 9.59 Å². The van der Waals surface area contributed by atoms with Crippen molar-refractivity contribution in [2.24, 2.45) is 16.6 Å². The van der Waals surface area contributed by atoms with Gasteiger partial charge in [-0.2, -0.15) is 0 Å². The maximum atomic E-state index is 12.1. The number of carbonyl (C=O) groups is 2. The van der Waals surface area contributed by atoms with Crippen LogP contribution in [0.3, 0.4) is 0 Å². The number of furan rings is 1. The van der Waals surface area contributed by atoms with E-state index in [2.05, 4.69) is 4.99 Å². The number of nitrogens with zero attached hydrogens (tertiary/aromatic N) is 1. The Hall–Kier alpha value is -2.41. The SMILES string of the molecule is CC(=O)C1C(C)=Nc2sc(C(N)=O)c(N)c2C1c1ccco1. The summed E-state index contributed by atoms with van der Waals surface area (Å²) >= 11 is 1.15. The van der Waals surface area contributed by atoms with Crippen molar-refractivity contribution in [1.82, 2.24) is 0 Å². The molecule has 1 aliphatic rings. The van der Waals surface area contributed by atoms with Gasteiger partial charge in [0.1, 0.15) is 21.4 Å². The highest BCUT2D eigenvalue weighted by atomic mass is 32.1. The average molecular weight is 317 g/mol. The Bertz CT molecular complexity index is 789. The molecule has 2 aromatic heterocycles. The standard InChI is InChI=1S/C15H15N3O3S/c1-6-9(7(2)19)10(8-4-3-5-21-8)11-12(16)13(14(17)20)22-15(11)18-6/h3-5,9-10H,16H2,1-2H3,(H2,17,20). The number of rotatable bonds is 3. The number of thiophene rings is 1. The fourth-order valence-corrected chi connectivity index (χ4v) is 4.00. The van der Waals surface area contributed by atoms with Crippen molar-refractivity contribution in [2.75, 3.05) is 5.73 Å². The molecule has 0 aliphatic carbocycles. The summed E-state index contributed by atoms with van der Waals surface area (Å²) in [5, 5.41) is 0.614. The molecule has 2 unspecified atom stereocenters. The monoisotopic (exact) mass is 317 g/mol. The summed E-state index contributed by atoms with van der Waals surface area (Å²) in [6.07, 6.45) is 1.55. The summed E-state index contributed by atoms with van der Waals surface area (Å²) in [7, 11) is 0. The third-order valence-corrected chi connectivity index (χ3v) is 4.98. The van der Waals surface area contributed by atoms with E-state index in [1.807, 2.05) is 0 Å². The molecule has 3 heterocycles. The van der Waals surface area contributed by atoms with Crippen molar-refractivity contribution in [3.63, 3.8) is 0 Å². The van der Waals surface area contributed by atoms with E-state index in [0.717, 1.165) is 11.3 Å². The number of Topliss-reactive ketones (excluding diaryl/α,β-unsaturated/α-hetero) is 1. The third kappa shape index (κ3) is 2.05. The maximum absolute atomic E-state index is 12.1. The summed E-state index contributed by atoms with van der Waals surface area (Å²) < 4.78 is 5.51. The Morgan fingerprint density at radius 2 is 2.14 bits per heavy atom. The number of aliphatic imine (C=N–C) groups is 1. The number of fused-ring (bicyclic) bond motifs is 1. The molecule has 7 heteroatoms. The summed E-state index contributed by atoms with van der Waals surface area (Å²) in [5.41, 5.74) is 13.1. The second-order valence-corrected chi connectivity index (χ2v) is 6.26. The minimum absolute atomic E-state index is 0.0282. The summed E-state index contributed by atoms with van der Waals surface area (Å²) in [4.78, 5) is 28.4. The number of nitrogen functional groups attached to an aromatic ring is 1. The number of ketones is 1. The molecular weight excluding hydrogens is 302 g/mol. The predicted molar refractivity (Wildman–Crippen MR) is 84.7 cm³/mol. The van der Waals surface area contributed by atoms with Crippen LogP contribution >= 0.6 is 11.3 Å². The lowest BCUT2D eigenvalue weighted by Crippen LogP contribution is -2.30. The van der Waals surface area contributed by atoms with Crippen LogP contribution in [-0.4, -0.2) is 17.4 Å². The van der Waals surface area contributed by atoms with E-state index in [1.165, 1.54) is 6.92 Å². The number of hydrogen-bond acceptors (Lipinski definition) is 6. The molecule has 114 valence electrons. The van der Waals surface area contributed by atoms with Gasteiger partial charge in [-0.1, -0.05) is 0 Å². The van der Waals surface area contributed by atoms with Crippen LogP contribution < -0.4 is 11.5 Å². The second-order valence-electron chi connectivity index (χ2n) is 5.26. The van der Waals surface area contributed by atoms with Crippen LogP contribution in [0.4, 0.5) is 10.7 Å². The van der Waals surface area contributed by atoms with Crippen molar-refractivity contribution in [3.8, 4) is 0 Å². The zero-order chi connectivity index (χ0) is 16.0. The van der Waals surface area contributed by atoms with Crippen molar-refractivity contribution >= 4 is 39.4 Å². The van der Waals surface area contributed by atoms with Crippen molar-refractivity contribution < 1.29 is 14.0 Å². The van der Waals surface area contributed by atoms with Crippen LogP contribution in [0.25, 0.3) is 0 Å². The Kier molecular flexibility index (Phi) is 3.37. The molecule has 0 spiro atoms. The van der Waals surface area contributed by atoms with Gasteiger partial charge >= 0.3 is 0 Å². The molecule has 1 aliphatic heterocycles. The number of nitrogens with two attached hydrogens (primary N) is 2. The molecule has 0 fully saturated rings. The van der Waals surface area contributed by atoms with Crippen LogP contribution in [0, 0.1) is 5.92 Å². The fourth-order valence-electron chi connectivity index (χ4n) is 2.95. The summed E-state index contributed by atoms with van der Waals surface area (Å²) in [5.74, 6) is -0.848. The van der Waals surface area contributed by atoms with Gasteiger partial charge in [0.05, 0.1) is 23.8 Å². The predicted octanol–water partition coefficient (Wildman–Crippen LogP) is 2.47. The normalized spacial score (nSPS) is 20.4. The molecule has 3 rings (SSSR count). The first-order chi connectivity index (χ1) is 10.4. The van der Waals surface area contributed by atoms with Gasteiger partial charge in [-0.15, -0.1) is 11.3 Å². The molecule has 0 radical (unpaired) electrons. The Balaban J connectivity index is 2.28. The van der Waals surface area contributed by atoms with Crippen LogP contribution in [0.15, 0.2) is 27.8 Å². The molecule has 6 nitrogen and oxygen atoms in total. The number of carbonyl (C=O) groups excluding carboxylic acids is 2. The van der Waals surface area contributed by atoms with E-state index in [0.29, 0.717) is 22.0 Å². The lowest BCUT2D eigenvalue weighted by Gasteiger charge is -2.27. The largest absolute Gasteiger partial charge is 0.469 e. The van der Waals surface area contributed by atoms with Crippen molar-refractivity contribution in [1.29, 1.82) is 0 Å². The van der Waals surface area contributed by atoms with Crippen molar-refractivity contribution in [2.45, 2.75) is 19.8 Å². The quantitative estimate of drug-likeness (QED) is 0.905. The Morgan fingerprint density at radius 3 is 2.68 bits per heavy atom. The van der Waals surface area contributed by atoms with E-state index >= 15 is 0 Å². The smallest absolute Gasteiger partial charge is 0.260 e.